The topological polar surface area (TPSA) is 79.4 Å². The SMILES string of the molecule is Cc1ccc(-c2csc(NC(=O)c3ccc(S(=O)(=O)N4CCCCCC4)cc3)n2)cc1C. The predicted octanol–water partition coefficient (Wildman–Crippen LogP) is 5.24. The molecule has 1 aliphatic heterocycles. The van der Waals surface area contributed by atoms with Gasteiger partial charge in [0, 0.05) is 29.6 Å². The molecular formula is C24H27N3O3S2. The van der Waals surface area contributed by atoms with E-state index in [1.165, 1.54) is 34.6 Å². The molecule has 1 N–H and O–H groups in total. The summed E-state index contributed by atoms with van der Waals surface area (Å²) in [7, 11) is -3.53. The van der Waals surface area contributed by atoms with Gasteiger partial charge in [0.05, 0.1) is 10.6 Å². The summed E-state index contributed by atoms with van der Waals surface area (Å²) in [5, 5.41) is 5.23. The molecule has 168 valence electrons. The molecule has 0 bridgehead atoms. The molecular weight excluding hydrogens is 442 g/mol. The Labute approximate surface area is 193 Å². The lowest BCUT2D eigenvalue weighted by atomic mass is 10.1. The van der Waals surface area contributed by atoms with Crippen LogP contribution in [0.4, 0.5) is 5.13 Å². The Hall–Kier alpha value is -2.55. The van der Waals surface area contributed by atoms with Crippen LogP contribution in [-0.2, 0) is 10.0 Å². The van der Waals surface area contributed by atoms with Crippen molar-refractivity contribution in [1.82, 2.24) is 9.29 Å². The van der Waals surface area contributed by atoms with Gasteiger partial charge in [0.2, 0.25) is 10.0 Å². The van der Waals surface area contributed by atoms with Crippen molar-refractivity contribution < 1.29 is 13.2 Å². The zero-order valence-electron chi connectivity index (χ0n) is 18.3. The molecule has 32 heavy (non-hydrogen) atoms. The normalized spacial score (nSPS) is 15.3. The summed E-state index contributed by atoms with van der Waals surface area (Å²) in [6.07, 6.45) is 3.90. The van der Waals surface area contributed by atoms with Gasteiger partial charge in [0.15, 0.2) is 5.13 Å². The average molecular weight is 470 g/mol. The first-order valence-electron chi connectivity index (χ1n) is 10.8. The van der Waals surface area contributed by atoms with Crippen molar-refractivity contribution in [2.24, 2.45) is 0 Å². The Morgan fingerprint density at radius 3 is 2.31 bits per heavy atom. The monoisotopic (exact) mass is 469 g/mol. The highest BCUT2D eigenvalue weighted by Crippen LogP contribution is 2.27. The molecule has 0 radical (unpaired) electrons. The molecule has 1 aromatic heterocycles. The molecule has 2 heterocycles. The van der Waals surface area contributed by atoms with Gasteiger partial charge in [-0.05, 0) is 68.1 Å². The first kappa shape index (κ1) is 22.6. The Morgan fingerprint density at radius 2 is 1.66 bits per heavy atom. The number of aromatic nitrogens is 1. The summed E-state index contributed by atoms with van der Waals surface area (Å²) in [5.41, 5.74) is 4.62. The van der Waals surface area contributed by atoms with Gasteiger partial charge in [0.25, 0.3) is 5.91 Å². The summed E-state index contributed by atoms with van der Waals surface area (Å²) in [4.78, 5) is 17.4. The molecule has 8 heteroatoms. The third-order valence-electron chi connectivity index (χ3n) is 5.85. The van der Waals surface area contributed by atoms with Crippen LogP contribution >= 0.6 is 11.3 Å². The van der Waals surface area contributed by atoms with Crippen LogP contribution in [0.1, 0.15) is 47.2 Å². The average Bonchev–Trinajstić information content (AvgIpc) is 3.06. The van der Waals surface area contributed by atoms with Gasteiger partial charge in [-0.3, -0.25) is 10.1 Å². The highest BCUT2D eigenvalue weighted by Gasteiger charge is 2.25. The van der Waals surface area contributed by atoms with Crippen LogP contribution in [-0.4, -0.2) is 36.7 Å². The maximum atomic E-state index is 12.9. The molecule has 0 atom stereocenters. The Kier molecular flexibility index (Phi) is 6.74. The second kappa shape index (κ2) is 9.52. The summed E-state index contributed by atoms with van der Waals surface area (Å²) >= 11 is 1.36. The first-order valence-corrected chi connectivity index (χ1v) is 13.1. The maximum Gasteiger partial charge on any atom is 0.257 e. The molecule has 1 fully saturated rings. The van der Waals surface area contributed by atoms with Crippen molar-refractivity contribution in [3.63, 3.8) is 0 Å². The third kappa shape index (κ3) is 4.92. The number of anilines is 1. The van der Waals surface area contributed by atoms with E-state index in [4.69, 9.17) is 0 Å². The van der Waals surface area contributed by atoms with E-state index in [2.05, 4.69) is 36.3 Å². The molecule has 4 rings (SSSR count). The van der Waals surface area contributed by atoms with Crippen LogP contribution in [0.5, 0.6) is 0 Å². The van der Waals surface area contributed by atoms with Gasteiger partial charge >= 0.3 is 0 Å². The lowest BCUT2D eigenvalue weighted by Crippen LogP contribution is -2.31. The van der Waals surface area contributed by atoms with Crippen LogP contribution in [0.3, 0.4) is 0 Å². The summed E-state index contributed by atoms with van der Waals surface area (Å²) in [5.74, 6) is -0.315. The molecule has 0 aliphatic carbocycles. The Morgan fingerprint density at radius 1 is 0.969 bits per heavy atom. The number of sulfonamides is 1. The van der Waals surface area contributed by atoms with Crippen LogP contribution < -0.4 is 5.32 Å². The number of carbonyl (C=O) groups is 1. The van der Waals surface area contributed by atoms with Gasteiger partial charge in [-0.15, -0.1) is 11.3 Å². The number of hydrogen-bond donors (Lipinski definition) is 1. The van der Waals surface area contributed by atoms with E-state index < -0.39 is 10.0 Å². The molecule has 1 amide bonds. The zero-order valence-corrected chi connectivity index (χ0v) is 19.9. The van der Waals surface area contributed by atoms with Gasteiger partial charge < -0.3 is 0 Å². The van der Waals surface area contributed by atoms with Crippen LogP contribution in [0, 0.1) is 13.8 Å². The lowest BCUT2D eigenvalue weighted by Gasteiger charge is -2.20. The molecule has 1 saturated heterocycles. The second-order valence-corrected chi connectivity index (χ2v) is 10.9. The second-order valence-electron chi connectivity index (χ2n) is 8.13. The third-order valence-corrected chi connectivity index (χ3v) is 8.52. The van der Waals surface area contributed by atoms with E-state index in [0.29, 0.717) is 23.8 Å². The fraction of sp³-hybridized carbons (Fsp3) is 0.333. The number of carbonyl (C=O) groups excluding carboxylic acids is 1. The minimum atomic E-state index is -3.53. The number of thiazole rings is 1. The molecule has 0 saturated carbocycles. The summed E-state index contributed by atoms with van der Waals surface area (Å²) in [6, 6.07) is 12.3. The van der Waals surface area contributed by atoms with Gasteiger partial charge in [-0.25, -0.2) is 13.4 Å². The molecule has 2 aromatic carbocycles. The molecule has 0 unspecified atom stereocenters. The van der Waals surface area contributed by atoms with E-state index in [0.717, 1.165) is 36.9 Å². The number of benzene rings is 2. The van der Waals surface area contributed by atoms with E-state index >= 15 is 0 Å². The number of aryl methyl sites for hydroxylation is 2. The predicted molar refractivity (Wildman–Crippen MR) is 129 cm³/mol. The van der Waals surface area contributed by atoms with Gasteiger partial charge in [-0.2, -0.15) is 4.31 Å². The number of nitrogens with zero attached hydrogens (tertiary/aromatic N) is 2. The molecule has 0 spiro atoms. The van der Waals surface area contributed by atoms with Crippen molar-refractivity contribution in [3.05, 3.63) is 64.5 Å². The van der Waals surface area contributed by atoms with Gasteiger partial charge in [0.1, 0.15) is 0 Å². The van der Waals surface area contributed by atoms with Crippen molar-refractivity contribution in [2.45, 2.75) is 44.4 Å². The smallest absolute Gasteiger partial charge is 0.257 e. The van der Waals surface area contributed by atoms with Gasteiger partial charge in [-0.1, -0.05) is 25.0 Å². The maximum absolute atomic E-state index is 12.9. The summed E-state index contributed by atoms with van der Waals surface area (Å²) < 4.78 is 27.4. The van der Waals surface area contributed by atoms with E-state index in [1.807, 2.05) is 11.4 Å². The van der Waals surface area contributed by atoms with E-state index in [-0.39, 0.29) is 10.8 Å². The van der Waals surface area contributed by atoms with Crippen LogP contribution in [0.2, 0.25) is 0 Å². The van der Waals surface area contributed by atoms with Crippen molar-refractivity contribution in [1.29, 1.82) is 0 Å². The van der Waals surface area contributed by atoms with Crippen molar-refractivity contribution >= 4 is 32.4 Å². The number of nitrogens with one attached hydrogen (secondary N) is 1. The minimum absolute atomic E-state index is 0.224. The number of rotatable bonds is 5. The van der Waals surface area contributed by atoms with Crippen LogP contribution in [0.15, 0.2) is 52.7 Å². The minimum Gasteiger partial charge on any atom is -0.298 e. The van der Waals surface area contributed by atoms with Crippen molar-refractivity contribution in [2.75, 3.05) is 18.4 Å². The van der Waals surface area contributed by atoms with Crippen molar-refractivity contribution in [3.8, 4) is 11.3 Å². The quantitative estimate of drug-likeness (QED) is 0.554. The largest absolute Gasteiger partial charge is 0.298 e. The van der Waals surface area contributed by atoms with E-state index in [1.54, 1.807) is 16.4 Å². The fourth-order valence-corrected chi connectivity index (χ4v) is 5.97. The molecule has 1 aliphatic rings. The summed E-state index contributed by atoms with van der Waals surface area (Å²) in [6.45, 7) is 5.23. The number of amides is 1. The molecule has 6 nitrogen and oxygen atoms in total. The van der Waals surface area contributed by atoms with Crippen LogP contribution in [0.25, 0.3) is 11.3 Å². The lowest BCUT2D eigenvalue weighted by molar-refractivity contribution is 0.102. The number of hydrogen-bond acceptors (Lipinski definition) is 5. The Bertz CT molecular complexity index is 1210. The highest BCUT2D eigenvalue weighted by molar-refractivity contribution is 7.89. The standard InChI is InChI=1S/C24H27N3O3S2/c1-17-7-8-20(15-18(17)2)22-16-31-24(25-22)26-23(28)19-9-11-21(12-10-19)32(29,30)27-13-5-3-4-6-14-27/h7-12,15-16H,3-6,13-14H2,1-2H3,(H,25,26,28). The first-order chi connectivity index (χ1) is 15.3. The molecule has 3 aromatic rings. The fourth-order valence-electron chi connectivity index (χ4n) is 3.74. The zero-order chi connectivity index (χ0) is 22.7. The Balaban J connectivity index is 1.45. The van der Waals surface area contributed by atoms with E-state index in [9.17, 15) is 13.2 Å². The highest BCUT2D eigenvalue weighted by atomic mass is 32.2.